The molecule has 1 aromatic carbocycles. The summed E-state index contributed by atoms with van der Waals surface area (Å²) in [5, 5.41) is -0.0392. The first-order chi connectivity index (χ1) is 8.39. The number of para-hydroxylation sites is 1. The molecule has 1 aliphatic rings. The Kier molecular flexibility index (Phi) is 3.29. The standard InChI is InChI=1S/C12H10ClF3O2/c1-2-17-11(12(14,15)16)7-9(13)8-5-3-4-6-10(8)18-11/h3-7H,2H2,1H3. The van der Waals surface area contributed by atoms with Crippen LogP contribution in [0.3, 0.4) is 0 Å². The van der Waals surface area contributed by atoms with Gasteiger partial charge in [-0.2, -0.15) is 13.2 Å². The van der Waals surface area contributed by atoms with Crippen LogP contribution in [-0.4, -0.2) is 18.6 Å². The van der Waals surface area contributed by atoms with Gasteiger partial charge in [0, 0.05) is 18.2 Å². The summed E-state index contributed by atoms with van der Waals surface area (Å²) < 4.78 is 49.0. The molecule has 0 N–H and O–H groups in total. The number of halogens is 4. The molecule has 0 spiro atoms. The molecule has 1 aliphatic heterocycles. The molecule has 2 nitrogen and oxygen atoms in total. The summed E-state index contributed by atoms with van der Waals surface area (Å²) in [5.41, 5.74) is 0.416. The van der Waals surface area contributed by atoms with E-state index in [0.717, 1.165) is 6.08 Å². The van der Waals surface area contributed by atoms with Crippen LogP contribution in [0.2, 0.25) is 0 Å². The lowest BCUT2D eigenvalue weighted by atomic mass is 10.1. The van der Waals surface area contributed by atoms with E-state index in [4.69, 9.17) is 21.1 Å². The fourth-order valence-corrected chi connectivity index (χ4v) is 2.00. The summed E-state index contributed by atoms with van der Waals surface area (Å²) in [7, 11) is 0. The Bertz CT molecular complexity index is 484. The van der Waals surface area contributed by atoms with Crippen LogP contribution in [0.15, 0.2) is 30.3 Å². The van der Waals surface area contributed by atoms with Crippen molar-refractivity contribution in [1.29, 1.82) is 0 Å². The highest BCUT2D eigenvalue weighted by Gasteiger charge is 2.59. The van der Waals surface area contributed by atoms with E-state index in [1.54, 1.807) is 18.2 Å². The lowest BCUT2D eigenvalue weighted by molar-refractivity contribution is -0.327. The van der Waals surface area contributed by atoms with Crippen LogP contribution in [0.5, 0.6) is 5.75 Å². The zero-order valence-electron chi connectivity index (χ0n) is 9.42. The molecule has 1 unspecified atom stereocenters. The third-order valence-corrected chi connectivity index (χ3v) is 2.79. The molecular weight excluding hydrogens is 269 g/mol. The lowest BCUT2D eigenvalue weighted by Gasteiger charge is -2.36. The first kappa shape index (κ1) is 13.2. The zero-order chi connectivity index (χ0) is 13.4. The van der Waals surface area contributed by atoms with Gasteiger partial charge in [-0.1, -0.05) is 23.7 Å². The maximum Gasteiger partial charge on any atom is 0.459 e. The van der Waals surface area contributed by atoms with E-state index in [0.29, 0.717) is 5.56 Å². The third-order valence-electron chi connectivity index (χ3n) is 2.48. The van der Waals surface area contributed by atoms with Gasteiger partial charge in [0.2, 0.25) is 0 Å². The monoisotopic (exact) mass is 278 g/mol. The molecule has 0 saturated carbocycles. The molecule has 18 heavy (non-hydrogen) atoms. The smallest absolute Gasteiger partial charge is 0.449 e. The number of rotatable bonds is 2. The van der Waals surface area contributed by atoms with Crippen LogP contribution in [-0.2, 0) is 4.74 Å². The molecule has 0 saturated heterocycles. The average molecular weight is 279 g/mol. The summed E-state index contributed by atoms with van der Waals surface area (Å²) in [6.45, 7) is 1.31. The first-order valence-corrected chi connectivity index (χ1v) is 5.65. The Morgan fingerprint density at radius 3 is 2.61 bits per heavy atom. The van der Waals surface area contributed by atoms with Crippen molar-refractivity contribution in [2.45, 2.75) is 18.9 Å². The topological polar surface area (TPSA) is 18.5 Å². The second kappa shape index (κ2) is 4.48. The van der Waals surface area contributed by atoms with E-state index in [1.165, 1.54) is 13.0 Å². The van der Waals surface area contributed by atoms with Gasteiger partial charge in [0.05, 0.1) is 5.03 Å². The Morgan fingerprint density at radius 2 is 2.00 bits per heavy atom. The average Bonchev–Trinajstić information content (AvgIpc) is 2.28. The Morgan fingerprint density at radius 1 is 1.33 bits per heavy atom. The van der Waals surface area contributed by atoms with Gasteiger partial charge in [-0.05, 0) is 19.1 Å². The molecule has 0 radical (unpaired) electrons. The Hall–Kier alpha value is -1.20. The molecule has 1 aromatic rings. The number of fused-ring (bicyclic) bond motifs is 1. The quantitative estimate of drug-likeness (QED) is 0.815. The minimum Gasteiger partial charge on any atom is -0.449 e. The highest BCUT2D eigenvalue weighted by Crippen LogP contribution is 2.45. The Balaban J connectivity index is 2.52. The van der Waals surface area contributed by atoms with Crippen molar-refractivity contribution in [1.82, 2.24) is 0 Å². The van der Waals surface area contributed by atoms with E-state index >= 15 is 0 Å². The molecule has 1 heterocycles. The Labute approximate surface area is 107 Å². The maximum atomic E-state index is 13.1. The van der Waals surface area contributed by atoms with Gasteiger partial charge in [-0.25, -0.2) is 0 Å². The van der Waals surface area contributed by atoms with Gasteiger partial charge in [-0.3, -0.25) is 0 Å². The van der Waals surface area contributed by atoms with Crippen molar-refractivity contribution in [3.63, 3.8) is 0 Å². The normalized spacial score (nSPS) is 23.1. The molecule has 2 rings (SSSR count). The van der Waals surface area contributed by atoms with Gasteiger partial charge < -0.3 is 9.47 Å². The highest BCUT2D eigenvalue weighted by atomic mass is 35.5. The lowest BCUT2D eigenvalue weighted by Crippen LogP contribution is -2.52. The van der Waals surface area contributed by atoms with E-state index in [2.05, 4.69) is 0 Å². The molecule has 6 heteroatoms. The second-order valence-corrected chi connectivity index (χ2v) is 4.10. The molecule has 0 bridgehead atoms. The number of ether oxygens (including phenoxy) is 2. The number of benzene rings is 1. The predicted molar refractivity (Wildman–Crippen MR) is 61.3 cm³/mol. The minimum absolute atomic E-state index is 0.0392. The van der Waals surface area contributed by atoms with Crippen molar-refractivity contribution in [3.8, 4) is 5.75 Å². The highest BCUT2D eigenvalue weighted by molar-refractivity contribution is 6.49. The summed E-state index contributed by atoms with van der Waals surface area (Å²) in [6, 6.07) is 6.24. The fraction of sp³-hybridized carbons (Fsp3) is 0.333. The molecule has 0 aromatic heterocycles. The van der Waals surface area contributed by atoms with Crippen molar-refractivity contribution in [2.24, 2.45) is 0 Å². The number of alkyl halides is 3. The third kappa shape index (κ3) is 2.08. The molecular formula is C12H10ClF3O2. The summed E-state index contributed by atoms with van der Waals surface area (Å²) in [4.78, 5) is 0. The predicted octanol–water partition coefficient (Wildman–Crippen LogP) is 3.95. The van der Waals surface area contributed by atoms with Crippen molar-refractivity contribution in [3.05, 3.63) is 35.9 Å². The van der Waals surface area contributed by atoms with Crippen molar-refractivity contribution in [2.75, 3.05) is 6.61 Å². The van der Waals surface area contributed by atoms with Crippen molar-refractivity contribution >= 4 is 16.6 Å². The van der Waals surface area contributed by atoms with Crippen LogP contribution >= 0.6 is 11.6 Å². The van der Waals surface area contributed by atoms with Gasteiger partial charge in [0.25, 0.3) is 0 Å². The minimum atomic E-state index is -4.71. The van der Waals surface area contributed by atoms with E-state index in [1.807, 2.05) is 0 Å². The van der Waals surface area contributed by atoms with E-state index < -0.39 is 12.0 Å². The largest absolute Gasteiger partial charge is 0.459 e. The van der Waals surface area contributed by atoms with Crippen LogP contribution in [0.25, 0.3) is 5.03 Å². The van der Waals surface area contributed by atoms with Crippen LogP contribution in [0.4, 0.5) is 13.2 Å². The SMILES string of the molecule is CCOC1(C(F)(F)F)C=C(Cl)c2ccccc2O1. The van der Waals surface area contributed by atoms with E-state index in [9.17, 15) is 13.2 Å². The van der Waals surface area contributed by atoms with Crippen LogP contribution in [0, 0.1) is 0 Å². The van der Waals surface area contributed by atoms with E-state index in [-0.39, 0.29) is 17.4 Å². The fourth-order valence-electron chi connectivity index (χ4n) is 1.70. The zero-order valence-corrected chi connectivity index (χ0v) is 10.2. The van der Waals surface area contributed by atoms with Gasteiger partial charge in [-0.15, -0.1) is 0 Å². The van der Waals surface area contributed by atoms with Gasteiger partial charge >= 0.3 is 12.0 Å². The summed E-state index contributed by atoms with van der Waals surface area (Å²) >= 11 is 5.87. The second-order valence-electron chi connectivity index (χ2n) is 3.69. The number of hydrogen-bond acceptors (Lipinski definition) is 2. The first-order valence-electron chi connectivity index (χ1n) is 5.27. The summed E-state index contributed by atoms with van der Waals surface area (Å²) in [6.07, 6.45) is -3.96. The summed E-state index contributed by atoms with van der Waals surface area (Å²) in [5.74, 6) is -2.76. The molecule has 0 amide bonds. The van der Waals surface area contributed by atoms with Gasteiger partial charge in [0.15, 0.2) is 0 Å². The molecule has 98 valence electrons. The molecule has 0 fully saturated rings. The van der Waals surface area contributed by atoms with Crippen LogP contribution < -0.4 is 4.74 Å². The maximum absolute atomic E-state index is 13.1. The van der Waals surface area contributed by atoms with Crippen LogP contribution in [0.1, 0.15) is 12.5 Å². The number of hydrogen-bond donors (Lipinski definition) is 0. The molecule has 0 aliphatic carbocycles. The molecule has 1 atom stereocenters. The van der Waals surface area contributed by atoms with Crippen molar-refractivity contribution < 1.29 is 22.6 Å². The van der Waals surface area contributed by atoms with Gasteiger partial charge in [0.1, 0.15) is 5.75 Å².